The Kier molecular flexibility index (Phi) is 7.20. The zero-order valence-electron chi connectivity index (χ0n) is 16.9. The maximum absolute atomic E-state index is 13.0. The van der Waals surface area contributed by atoms with Crippen molar-refractivity contribution in [2.24, 2.45) is 0 Å². The Balaban J connectivity index is 1.94. The first-order chi connectivity index (χ1) is 15.4. The molecule has 0 aromatic heterocycles. The van der Waals surface area contributed by atoms with Crippen LogP contribution in [0.25, 0.3) is 6.08 Å². The van der Waals surface area contributed by atoms with Crippen LogP contribution in [0.1, 0.15) is 15.9 Å². The lowest BCUT2D eigenvalue weighted by Crippen LogP contribution is -2.31. The molecule has 0 aliphatic heterocycles. The molecule has 3 aromatic rings. The monoisotopic (exact) mass is 451 g/mol. The number of non-ortho nitro benzene ring substituents is 1. The molecule has 2 amide bonds. The molecular formula is C23H18ClN3O5. The van der Waals surface area contributed by atoms with E-state index in [0.29, 0.717) is 22.0 Å². The SMILES string of the molecule is COc1ccccc1C(=O)N/C(=C/c1ccc([N+](=O)[O-])cc1)C(=O)Nc1ccccc1Cl. The molecule has 0 aliphatic rings. The van der Waals surface area contributed by atoms with Crippen molar-refractivity contribution in [2.45, 2.75) is 0 Å². The van der Waals surface area contributed by atoms with Crippen LogP contribution in [0.15, 0.2) is 78.5 Å². The number of amides is 2. The molecule has 0 unspecified atom stereocenters. The van der Waals surface area contributed by atoms with Crippen LogP contribution >= 0.6 is 11.6 Å². The molecule has 0 spiro atoms. The first-order valence-electron chi connectivity index (χ1n) is 9.35. The van der Waals surface area contributed by atoms with Gasteiger partial charge in [-0.3, -0.25) is 19.7 Å². The summed E-state index contributed by atoms with van der Waals surface area (Å²) in [6, 6.07) is 18.8. The van der Waals surface area contributed by atoms with Gasteiger partial charge in [0.25, 0.3) is 17.5 Å². The largest absolute Gasteiger partial charge is 0.496 e. The number of para-hydroxylation sites is 2. The Labute approximate surface area is 188 Å². The molecule has 32 heavy (non-hydrogen) atoms. The quantitative estimate of drug-likeness (QED) is 0.308. The van der Waals surface area contributed by atoms with E-state index >= 15 is 0 Å². The third kappa shape index (κ3) is 5.50. The number of nitro groups is 1. The van der Waals surface area contributed by atoms with Gasteiger partial charge in [-0.1, -0.05) is 35.9 Å². The zero-order chi connectivity index (χ0) is 23.1. The highest BCUT2D eigenvalue weighted by molar-refractivity contribution is 6.34. The van der Waals surface area contributed by atoms with Crippen LogP contribution in [0.3, 0.4) is 0 Å². The van der Waals surface area contributed by atoms with Crippen molar-refractivity contribution in [3.8, 4) is 5.75 Å². The van der Waals surface area contributed by atoms with Gasteiger partial charge in [0.05, 0.1) is 28.3 Å². The number of methoxy groups -OCH3 is 1. The lowest BCUT2D eigenvalue weighted by Gasteiger charge is -2.13. The molecule has 162 valence electrons. The first kappa shape index (κ1) is 22.5. The van der Waals surface area contributed by atoms with E-state index in [2.05, 4.69) is 10.6 Å². The summed E-state index contributed by atoms with van der Waals surface area (Å²) in [5, 5.41) is 16.4. The second-order valence-electron chi connectivity index (χ2n) is 6.50. The van der Waals surface area contributed by atoms with Gasteiger partial charge in [0.2, 0.25) is 0 Å². The predicted molar refractivity (Wildman–Crippen MR) is 122 cm³/mol. The molecule has 3 rings (SSSR count). The van der Waals surface area contributed by atoms with Crippen molar-refractivity contribution in [1.82, 2.24) is 5.32 Å². The molecule has 8 nitrogen and oxygen atoms in total. The zero-order valence-corrected chi connectivity index (χ0v) is 17.6. The van der Waals surface area contributed by atoms with Crippen molar-refractivity contribution in [3.05, 3.63) is 105 Å². The van der Waals surface area contributed by atoms with Gasteiger partial charge in [0.15, 0.2) is 0 Å². The van der Waals surface area contributed by atoms with E-state index in [4.69, 9.17) is 16.3 Å². The number of halogens is 1. The number of nitrogens with one attached hydrogen (secondary N) is 2. The highest BCUT2D eigenvalue weighted by Gasteiger charge is 2.18. The second-order valence-corrected chi connectivity index (χ2v) is 6.90. The standard InChI is InChI=1S/C23H18ClN3O5/c1-32-21-9-5-2-6-17(21)22(28)26-20(14-15-10-12-16(13-11-15)27(30)31)23(29)25-19-8-4-3-7-18(19)24/h2-14H,1H3,(H,25,29)(H,26,28)/b20-14+. The number of nitro benzene ring substituents is 1. The first-order valence-corrected chi connectivity index (χ1v) is 9.73. The Hall–Kier alpha value is -4.17. The van der Waals surface area contributed by atoms with Crippen molar-refractivity contribution < 1.29 is 19.2 Å². The average molecular weight is 452 g/mol. The highest BCUT2D eigenvalue weighted by atomic mass is 35.5. The van der Waals surface area contributed by atoms with Crippen LogP contribution in [-0.4, -0.2) is 23.8 Å². The van der Waals surface area contributed by atoms with E-state index in [0.717, 1.165) is 0 Å². The summed E-state index contributed by atoms with van der Waals surface area (Å²) < 4.78 is 5.21. The van der Waals surface area contributed by atoms with Gasteiger partial charge >= 0.3 is 0 Å². The van der Waals surface area contributed by atoms with E-state index in [1.54, 1.807) is 48.5 Å². The third-order valence-corrected chi connectivity index (χ3v) is 4.71. The minimum Gasteiger partial charge on any atom is -0.496 e. The molecule has 0 saturated heterocycles. The Morgan fingerprint density at radius 2 is 1.66 bits per heavy atom. The molecule has 0 radical (unpaired) electrons. The molecule has 0 fully saturated rings. The van der Waals surface area contributed by atoms with Gasteiger partial charge in [0.1, 0.15) is 11.4 Å². The maximum atomic E-state index is 13.0. The lowest BCUT2D eigenvalue weighted by molar-refractivity contribution is -0.384. The van der Waals surface area contributed by atoms with E-state index in [1.807, 2.05) is 0 Å². The number of rotatable bonds is 7. The fourth-order valence-electron chi connectivity index (χ4n) is 2.79. The number of hydrogen-bond donors (Lipinski definition) is 2. The summed E-state index contributed by atoms with van der Waals surface area (Å²) in [6.45, 7) is 0. The number of hydrogen-bond acceptors (Lipinski definition) is 5. The van der Waals surface area contributed by atoms with Gasteiger partial charge in [-0.25, -0.2) is 0 Å². The lowest BCUT2D eigenvalue weighted by atomic mass is 10.1. The van der Waals surface area contributed by atoms with Gasteiger partial charge in [-0.2, -0.15) is 0 Å². The molecule has 0 bridgehead atoms. The molecule has 0 aliphatic carbocycles. The van der Waals surface area contributed by atoms with Crippen molar-refractivity contribution >= 4 is 40.9 Å². The highest BCUT2D eigenvalue weighted by Crippen LogP contribution is 2.22. The summed E-state index contributed by atoms with van der Waals surface area (Å²) in [7, 11) is 1.43. The van der Waals surface area contributed by atoms with Crippen LogP contribution in [0.4, 0.5) is 11.4 Å². The number of ether oxygens (including phenoxy) is 1. The maximum Gasteiger partial charge on any atom is 0.272 e. The average Bonchev–Trinajstić information content (AvgIpc) is 2.80. The summed E-state index contributed by atoms with van der Waals surface area (Å²) in [4.78, 5) is 36.2. The van der Waals surface area contributed by atoms with Crippen molar-refractivity contribution in [2.75, 3.05) is 12.4 Å². The molecule has 0 atom stereocenters. The molecule has 9 heteroatoms. The minimum atomic E-state index is -0.625. The number of carbonyl (C=O) groups excluding carboxylic acids is 2. The summed E-state index contributed by atoms with van der Waals surface area (Å²) in [5.74, 6) is -0.851. The fraction of sp³-hybridized carbons (Fsp3) is 0.0435. The van der Waals surface area contributed by atoms with Gasteiger partial charge in [-0.05, 0) is 48.0 Å². The smallest absolute Gasteiger partial charge is 0.272 e. The van der Waals surface area contributed by atoms with E-state index in [9.17, 15) is 19.7 Å². The number of anilines is 1. The van der Waals surface area contributed by atoms with Crippen LogP contribution in [-0.2, 0) is 4.79 Å². The topological polar surface area (TPSA) is 111 Å². The summed E-state index contributed by atoms with van der Waals surface area (Å²) in [5.41, 5.74) is 0.882. The minimum absolute atomic E-state index is 0.0883. The molecular weight excluding hydrogens is 434 g/mol. The van der Waals surface area contributed by atoms with E-state index in [-0.39, 0.29) is 16.9 Å². The van der Waals surface area contributed by atoms with Crippen molar-refractivity contribution in [3.63, 3.8) is 0 Å². The molecule has 0 heterocycles. The van der Waals surface area contributed by atoms with Gasteiger partial charge in [0, 0.05) is 12.1 Å². The normalized spacial score (nSPS) is 10.9. The van der Waals surface area contributed by atoms with Crippen LogP contribution in [0, 0.1) is 10.1 Å². The van der Waals surface area contributed by atoms with Crippen LogP contribution < -0.4 is 15.4 Å². The summed E-state index contributed by atoms with van der Waals surface area (Å²) in [6.07, 6.45) is 1.41. The van der Waals surface area contributed by atoms with E-state index < -0.39 is 16.7 Å². The van der Waals surface area contributed by atoms with Crippen LogP contribution in [0.5, 0.6) is 5.75 Å². The van der Waals surface area contributed by atoms with Crippen LogP contribution in [0.2, 0.25) is 5.02 Å². The molecule has 0 saturated carbocycles. The van der Waals surface area contributed by atoms with Gasteiger partial charge < -0.3 is 15.4 Å². The Bertz CT molecular complexity index is 1190. The number of nitrogens with zero attached hydrogens (tertiary/aromatic N) is 1. The molecule has 3 aromatic carbocycles. The van der Waals surface area contributed by atoms with E-state index in [1.165, 1.54) is 37.5 Å². The number of carbonyl (C=O) groups is 2. The predicted octanol–water partition coefficient (Wildman–Crippen LogP) is 4.67. The second kappa shape index (κ2) is 10.2. The third-order valence-electron chi connectivity index (χ3n) is 4.38. The van der Waals surface area contributed by atoms with Gasteiger partial charge in [-0.15, -0.1) is 0 Å². The molecule has 2 N–H and O–H groups in total. The summed E-state index contributed by atoms with van der Waals surface area (Å²) >= 11 is 6.12. The Morgan fingerprint density at radius 1 is 1.00 bits per heavy atom. The number of benzene rings is 3. The van der Waals surface area contributed by atoms with Crippen molar-refractivity contribution in [1.29, 1.82) is 0 Å². The fourth-order valence-corrected chi connectivity index (χ4v) is 2.97. The Morgan fingerprint density at radius 3 is 2.31 bits per heavy atom.